The van der Waals surface area contributed by atoms with Gasteiger partial charge in [-0.2, -0.15) is 4.98 Å². The predicted octanol–water partition coefficient (Wildman–Crippen LogP) is 7.61. The first-order chi connectivity index (χ1) is 25.7. The number of anilines is 1. The van der Waals surface area contributed by atoms with Gasteiger partial charge in [0.1, 0.15) is 12.1 Å². The Hall–Kier alpha value is -4.88. The molecule has 2 aliphatic heterocycles. The van der Waals surface area contributed by atoms with Gasteiger partial charge in [0.25, 0.3) is 10.0 Å². The summed E-state index contributed by atoms with van der Waals surface area (Å²) in [7, 11) is -4.25. The van der Waals surface area contributed by atoms with Crippen LogP contribution in [0.2, 0.25) is 0 Å². The molecule has 2 aliphatic rings. The summed E-state index contributed by atoms with van der Waals surface area (Å²) in [5.41, 5.74) is 7.29. The van der Waals surface area contributed by atoms with E-state index in [0.717, 1.165) is 78.3 Å². The number of carbonyl (C=O) groups is 1. The Kier molecular flexibility index (Phi) is 10.2. The molecular weight excluding hydrogens is 703 g/mol. The fourth-order valence-corrected chi connectivity index (χ4v) is 9.10. The molecule has 1 fully saturated rings. The Balaban J connectivity index is 1.20. The highest BCUT2D eigenvalue weighted by atomic mass is 32.2. The number of sulfonamides is 1. The summed E-state index contributed by atoms with van der Waals surface area (Å²) in [4.78, 5) is 30.6. The van der Waals surface area contributed by atoms with Gasteiger partial charge in [-0.25, -0.2) is 27.9 Å². The summed E-state index contributed by atoms with van der Waals surface area (Å²) in [6.07, 6.45) is 6.98. The van der Waals surface area contributed by atoms with Crippen molar-refractivity contribution in [2.24, 2.45) is 11.8 Å². The number of hydrogen-bond acceptors (Lipinski definition) is 9. The van der Waals surface area contributed by atoms with E-state index in [9.17, 15) is 18.3 Å². The van der Waals surface area contributed by atoms with Crippen LogP contribution in [0.1, 0.15) is 98.7 Å². The lowest BCUT2D eigenvalue weighted by molar-refractivity contribution is 0.0696. The molecule has 5 aromatic rings. The van der Waals surface area contributed by atoms with E-state index in [4.69, 9.17) is 14.7 Å². The number of fused-ring (bicyclic) bond motifs is 3. The van der Waals surface area contributed by atoms with E-state index < -0.39 is 16.0 Å². The fourth-order valence-electron chi connectivity index (χ4n) is 8.11. The SMILES string of the molecule is Cc1cccc(C)c1-c1cc(OC[C@@H]2N[C@H](c3cnc4cc5n(c4n3)CCC5(C)C)CCC[C@H]2CC(C)C)nc(NS(=O)(=O)c2cccc(C(=O)O)c2)n1. The second-order valence-corrected chi connectivity index (χ2v) is 17.6. The third-order valence-corrected chi connectivity index (χ3v) is 12.3. The fraction of sp³-hybridized carbons (Fsp3) is 0.439. The Morgan fingerprint density at radius 2 is 1.81 bits per heavy atom. The summed E-state index contributed by atoms with van der Waals surface area (Å²) < 4.78 is 38.4. The number of carboxylic acids is 1. The number of benzene rings is 2. The van der Waals surface area contributed by atoms with Crippen molar-refractivity contribution in [3.8, 4) is 17.1 Å². The van der Waals surface area contributed by atoms with Crippen molar-refractivity contribution in [3.05, 3.63) is 88.9 Å². The third kappa shape index (κ3) is 7.70. The molecule has 5 heterocycles. The number of nitrogens with one attached hydrogen (secondary N) is 2. The minimum absolute atomic E-state index is 0.0206. The lowest BCUT2D eigenvalue weighted by atomic mass is 9.87. The van der Waals surface area contributed by atoms with E-state index in [1.807, 2.05) is 38.2 Å². The van der Waals surface area contributed by atoms with Gasteiger partial charge in [-0.05, 0) is 86.8 Å². The van der Waals surface area contributed by atoms with Gasteiger partial charge in [0.2, 0.25) is 11.8 Å². The average Bonchev–Trinajstić information content (AvgIpc) is 3.56. The number of hydrogen-bond donors (Lipinski definition) is 3. The highest BCUT2D eigenvalue weighted by molar-refractivity contribution is 7.92. The highest BCUT2D eigenvalue weighted by Crippen LogP contribution is 2.38. The lowest BCUT2D eigenvalue weighted by Crippen LogP contribution is -2.42. The van der Waals surface area contributed by atoms with Gasteiger partial charge in [-0.1, -0.05) is 58.4 Å². The Bertz CT molecular complexity index is 2300. The van der Waals surface area contributed by atoms with Gasteiger partial charge in [-0.3, -0.25) is 4.98 Å². The topological polar surface area (TPSA) is 161 Å². The molecular formula is C41H49N7O5S. The van der Waals surface area contributed by atoms with E-state index in [2.05, 4.69) is 58.3 Å². The molecule has 0 aliphatic carbocycles. The Morgan fingerprint density at radius 1 is 1.06 bits per heavy atom. The molecule has 54 heavy (non-hydrogen) atoms. The monoisotopic (exact) mass is 751 g/mol. The van der Waals surface area contributed by atoms with E-state index in [1.54, 1.807) is 6.07 Å². The molecule has 0 spiro atoms. The predicted molar refractivity (Wildman–Crippen MR) is 208 cm³/mol. The molecule has 13 heteroatoms. The molecule has 0 unspecified atom stereocenters. The van der Waals surface area contributed by atoms with Gasteiger partial charge >= 0.3 is 5.97 Å². The normalized spacial score (nSPS) is 19.8. The molecule has 0 saturated carbocycles. The zero-order valence-corrected chi connectivity index (χ0v) is 32.6. The zero-order chi connectivity index (χ0) is 38.4. The van der Waals surface area contributed by atoms with E-state index in [0.29, 0.717) is 17.5 Å². The minimum atomic E-state index is -4.25. The van der Waals surface area contributed by atoms with Gasteiger partial charge in [0.15, 0.2) is 5.65 Å². The highest BCUT2D eigenvalue weighted by Gasteiger charge is 2.34. The molecule has 284 valence electrons. The maximum atomic E-state index is 13.5. The van der Waals surface area contributed by atoms with Crippen LogP contribution in [-0.2, 0) is 22.0 Å². The van der Waals surface area contributed by atoms with Gasteiger partial charge in [-0.15, -0.1) is 0 Å². The number of aromatic carboxylic acids is 1. The summed E-state index contributed by atoms with van der Waals surface area (Å²) in [6.45, 7) is 14.2. The van der Waals surface area contributed by atoms with E-state index >= 15 is 0 Å². The maximum absolute atomic E-state index is 13.5. The van der Waals surface area contributed by atoms with Crippen LogP contribution in [0.3, 0.4) is 0 Å². The van der Waals surface area contributed by atoms with E-state index in [1.165, 1.54) is 23.9 Å². The van der Waals surface area contributed by atoms with Gasteiger partial charge in [0.05, 0.1) is 34.1 Å². The lowest BCUT2D eigenvalue weighted by Gasteiger charge is -2.29. The zero-order valence-electron chi connectivity index (χ0n) is 31.8. The van der Waals surface area contributed by atoms with Crippen LogP contribution in [0, 0.1) is 25.7 Å². The molecule has 3 atom stereocenters. The van der Waals surface area contributed by atoms with Crippen LogP contribution in [0.25, 0.3) is 22.4 Å². The number of nitrogens with zero attached hydrogens (tertiary/aromatic N) is 5. The molecule has 7 rings (SSSR count). The van der Waals surface area contributed by atoms with Crippen molar-refractivity contribution < 1.29 is 23.1 Å². The molecule has 12 nitrogen and oxygen atoms in total. The number of rotatable bonds is 11. The van der Waals surface area contributed by atoms with Gasteiger partial charge < -0.3 is 19.7 Å². The van der Waals surface area contributed by atoms with Crippen molar-refractivity contribution in [2.75, 3.05) is 11.3 Å². The first-order valence-electron chi connectivity index (χ1n) is 18.8. The first-order valence-corrected chi connectivity index (χ1v) is 20.2. The second-order valence-electron chi connectivity index (χ2n) is 15.9. The Morgan fingerprint density at radius 3 is 2.56 bits per heavy atom. The Labute approximate surface area is 316 Å². The van der Waals surface area contributed by atoms with Crippen molar-refractivity contribution in [3.63, 3.8) is 0 Å². The number of aryl methyl sites for hydroxylation is 3. The van der Waals surface area contributed by atoms with Crippen LogP contribution in [0.15, 0.2) is 65.7 Å². The number of aromatic nitrogens is 5. The second kappa shape index (κ2) is 14.7. The third-order valence-electron chi connectivity index (χ3n) is 10.9. The number of carboxylic acid groups (broad SMARTS) is 1. The van der Waals surface area contributed by atoms with Gasteiger partial charge in [0, 0.05) is 35.3 Å². The maximum Gasteiger partial charge on any atom is 0.335 e. The van der Waals surface area contributed by atoms with Crippen LogP contribution >= 0.6 is 0 Å². The first kappa shape index (κ1) is 37.4. The average molecular weight is 752 g/mol. The minimum Gasteiger partial charge on any atom is -0.478 e. The van der Waals surface area contributed by atoms with Crippen molar-refractivity contribution in [1.29, 1.82) is 0 Å². The molecule has 0 radical (unpaired) electrons. The summed E-state index contributed by atoms with van der Waals surface area (Å²) >= 11 is 0. The van der Waals surface area contributed by atoms with E-state index in [-0.39, 0.29) is 46.4 Å². The summed E-state index contributed by atoms with van der Waals surface area (Å²) in [6, 6.07) is 14.9. The molecule has 3 N–H and O–H groups in total. The summed E-state index contributed by atoms with van der Waals surface area (Å²) in [5, 5.41) is 13.4. The number of ether oxygens (including phenoxy) is 1. The van der Waals surface area contributed by atoms with Crippen LogP contribution in [0.5, 0.6) is 5.88 Å². The van der Waals surface area contributed by atoms with Crippen LogP contribution < -0.4 is 14.8 Å². The summed E-state index contributed by atoms with van der Waals surface area (Å²) in [5.74, 6) is -0.384. The van der Waals surface area contributed by atoms with Crippen molar-refractivity contribution in [1.82, 2.24) is 29.8 Å². The molecule has 1 saturated heterocycles. The van der Waals surface area contributed by atoms with Crippen molar-refractivity contribution in [2.45, 2.75) is 103 Å². The van der Waals surface area contributed by atoms with Crippen LogP contribution in [0.4, 0.5) is 5.95 Å². The smallest absolute Gasteiger partial charge is 0.335 e. The van der Waals surface area contributed by atoms with Crippen LogP contribution in [-0.4, -0.2) is 56.6 Å². The standard InChI is InChI=1S/C41H49N7O5S/c1-24(2)18-27-12-9-15-30(33-22-42-32-20-35-41(5,6)16-17-48(35)38(32)44-33)43-34(27)23-53-36-21-31(37-25(3)10-7-11-26(37)4)45-40(46-36)47-54(51,52)29-14-8-13-28(19-29)39(49)50/h7-8,10-11,13-14,19-22,24,27,30,34,43H,9,12,15-18,23H2,1-6H3,(H,49,50)(H,45,46,47)/t27-,30-,34-/m0/s1. The molecule has 3 aromatic heterocycles. The molecule has 0 amide bonds. The molecule has 2 aromatic carbocycles. The van der Waals surface area contributed by atoms with Crippen molar-refractivity contribution >= 4 is 33.1 Å². The quantitative estimate of drug-likeness (QED) is 0.123. The molecule has 0 bridgehead atoms. The largest absolute Gasteiger partial charge is 0.478 e.